The second-order valence-corrected chi connectivity index (χ2v) is 5.94. The molecule has 0 saturated carbocycles. The second kappa shape index (κ2) is 6.23. The van der Waals surface area contributed by atoms with Crippen molar-refractivity contribution in [2.45, 2.75) is 0 Å². The SMILES string of the molecule is N#C/C(=C\c1ccc(-n2c3ccccc3c3ccccc32)cc1)C(=O)O. The van der Waals surface area contributed by atoms with Crippen molar-refractivity contribution in [3.8, 4) is 11.8 Å². The lowest BCUT2D eigenvalue weighted by atomic mass is 10.1. The number of nitrogens with zero attached hydrogens (tertiary/aromatic N) is 2. The summed E-state index contributed by atoms with van der Waals surface area (Å²) in [5.74, 6) is -1.22. The first-order chi connectivity index (χ1) is 12.7. The Hall–Kier alpha value is -3.84. The minimum absolute atomic E-state index is 0.283. The standard InChI is InChI=1S/C22H14N2O2/c23-14-16(22(25)26)13-15-9-11-17(12-10-15)24-20-7-3-1-5-18(20)19-6-2-4-8-21(19)24/h1-13H,(H,25,26)/b16-13+. The van der Waals surface area contributed by atoms with Gasteiger partial charge in [-0.05, 0) is 35.9 Å². The first-order valence-corrected chi connectivity index (χ1v) is 8.13. The van der Waals surface area contributed by atoms with Crippen LogP contribution in [0.15, 0.2) is 78.4 Å². The van der Waals surface area contributed by atoms with Crippen LogP contribution >= 0.6 is 0 Å². The lowest BCUT2D eigenvalue weighted by molar-refractivity contribution is -0.132. The van der Waals surface area contributed by atoms with Crippen molar-refractivity contribution < 1.29 is 9.90 Å². The third-order valence-corrected chi connectivity index (χ3v) is 4.39. The molecule has 3 aromatic carbocycles. The van der Waals surface area contributed by atoms with Crippen LogP contribution < -0.4 is 0 Å². The first kappa shape index (κ1) is 15.7. The highest BCUT2D eigenvalue weighted by Gasteiger charge is 2.11. The minimum atomic E-state index is -1.22. The van der Waals surface area contributed by atoms with Crippen molar-refractivity contribution in [2.75, 3.05) is 0 Å². The summed E-state index contributed by atoms with van der Waals surface area (Å²) in [5.41, 5.74) is 3.59. The lowest BCUT2D eigenvalue weighted by Gasteiger charge is -2.08. The Kier molecular flexibility index (Phi) is 3.75. The zero-order valence-electron chi connectivity index (χ0n) is 13.8. The molecule has 0 aliphatic carbocycles. The van der Waals surface area contributed by atoms with Gasteiger partial charge in [0.15, 0.2) is 0 Å². The third-order valence-electron chi connectivity index (χ3n) is 4.39. The van der Waals surface area contributed by atoms with Gasteiger partial charge in [0.25, 0.3) is 0 Å². The summed E-state index contributed by atoms with van der Waals surface area (Å²) in [4.78, 5) is 11.0. The number of carboxylic acid groups (broad SMARTS) is 1. The van der Waals surface area contributed by atoms with Gasteiger partial charge >= 0.3 is 5.97 Å². The zero-order valence-corrected chi connectivity index (χ0v) is 13.8. The molecule has 0 saturated heterocycles. The molecule has 4 aromatic rings. The molecule has 1 aromatic heterocycles. The van der Waals surface area contributed by atoms with E-state index in [-0.39, 0.29) is 5.57 Å². The number of aromatic nitrogens is 1. The summed E-state index contributed by atoms with van der Waals surface area (Å²) in [6.07, 6.45) is 1.37. The van der Waals surface area contributed by atoms with Crippen molar-refractivity contribution in [3.63, 3.8) is 0 Å². The van der Waals surface area contributed by atoms with Crippen molar-refractivity contribution in [3.05, 3.63) is 83.9 Å². The van der Waals surface area contributed by atoms with Gasteiger partial charge < -0.3 is 9.67 Å². The van der Waals surface area contributed by atoms with Gasteiger partial charge in [-0.3, -0.25) is 0 Å². The fourth-order valence-electron chi connectivity index (χ4n) is 3.23. The minimum Gasteiger partial charge on any atom is -0.477 e. The Balaban J connectivity index is 1.88. The highest BCUT2D eigenvalue weighted by atomic mass is 16.4. The summed E-state index contributed by atoms with van der Waals surface area (Å²) < 4.78 is 2.18. The van der Waals surface area contributed by atoms with Gasteiger partial charge in [-0.15, -0.1) is 0 Å². The molecule has 0 spiro atoms. The van der Waals surface area contributed by atoms with Gasteiger partial charge in [0.05, 0.1) is 11.0 Å². The maximum Gasteiger partial charge on any atom is 0.346 e. The Morgan fingerprint density at radius 3 is 1.92 bits per heavy atom. The fourth-order valence-corrected chi connectivity index (χ4v) is 3.23. The first-order valence-electron chi connectivity index (χ1n) is 8.13. The molecule has 0 radical (unpaired) electrons. The number of hydrogen-bond donors (Lipinski definition) is 1. The van der Waals surface area contributed by atoms with E-state index in [1.807, 2.05) is 48.5 Å². The number of carboxylic acids is 1. The normalized spacial score (nSPS) is 11.6. The fraction of sp³-hybridized carbons (Fsp3) is 0. The molecule has 0 aliphatic heterocycles. The predicted octanol–water partition coefficient (Wildman–Crippen LogP) is 4.78. The van der Waals surface area contributed by atoms with Crippen LogP contribution in [-0.2, 0) is 4.79 Å². The highest BCUT2D eigenvalue weighted by Crippen LogP contribution is 2.31. The summed E-state index contributed by atoms with van der Waals surface area (Å²) >= 11 is 0. The van der Waals surface area contributed by atoms with Crippen LogP contribution in [0.25, 0.3) is 33.6 Å². The van der Waals surface area contributed by atoms with Gasteiger partial charge in [-0.2, -0.15) is 5.26 Å². The molecule has 0 fully saturated rings. The van der Waals surface area contributed by atoms with Gasteiger partial charge in [-0.25, -0.2) is 4.79 Å². The predicted molar refractivity (Wildman–Crippen MR) is 102 cm³/mol. The molecule has 4 nitrogen and oxygen atoms in total. The maximum atomic E-state index is 11.0. The highest BCUT2D eigenvalue weighted by molar-refractivity contribution is 6.09. The molecular formula is C22H14N2O2. The Morgan fingerprint density at radius 1 is 0.885 bits per heavy atom. The van der Waals surface area contributed by atoms with E-state index in [9.17, 15) is 4.79 Å². The molecule has 0 aliphatic rings. The Morgan fingerprint density at radius 2 is 1.42 bits per heavy atom. The van der Waals surface area contributed by atoms with Crippen LogP contribution in [-0.4, -0.2) is 15.6 Å². The van der Waals surface area contributed by atoms with E-state index in [1.165, 1.54) is 16.8 Å². The largest absolute Gasteiger partial charge is 0.477 e. The number of para-hydroxylation sites is 2. The number of rotatable bonds is 3. The lowest BCUT2D eigenvalue weighted by Crippen LogP contribution is -1.97. The second-order valence-electron chi connectivity index (χ2n) is 5.94. The van der Waals surface area contributed by atoms with Crippen LogP contribution in [0.5, 0.6) is 0 Å². The van der Waals surface area contributed by atoms with Gasteiger partial charge in [-0.1, -0.05) is 48.5 Å². The number of fused-ring (bicyclic) bond motifs is 3. The summed E-state index contributed by atoms with van der Waals surface area (Å²) in [5, 5.41) is 20.2. The number of carbonyl (C=O) groups is 1. The number of nitriles is 1. The average molecular weight is 338 g/mol. The molecule has 1 N–H and O–H groups in total. The van der Waals surface area contributed by atoms with Crippen molar-refractivity contribution in [2.24, 2.45) is 0 Å². The van der Waals surface area contributed by atoms with Crippen molar-refractivity contribution in [1.82, 2.24) is 4.57 Å². The quantitative estimate of drug-likeness (QED) is 0.432. The molecule has 124 valence electrons. The average Bonchev–Trinajstić information content (AvgIpc) is 3.01. The molecule has 4 heteroatoms. The summed E-state index contributed by atoms with van der Waals surface area (Å²) in [6, 6.07) is 25.7. The van der Waals surface area contributed by atoms with E-state index in [0.29, 0.717) is 5.56 Å². The topological polar surface area (TPSA) is 66.0 Å². The molecule has 1 heterocycles. The summed E-state index contributed by atoms with van der Waals surface area (Å²) in [7, 11) is 0. The number of aliphatic carboxylic acids is 1. The van der Waals surface area contributed by atoms with E-state index < -0.39 is 5.97 Å². The Labute approximate surface area is 149 Å². The van der Waals surface area contributed by atoms with E-state index in [0.717, 1.165) is 16.7 Å². The van der Waals surface area contributed by atoms with Crippen molar-refractivity contribution in [1.29, 1.82) is 5.26 Å². The van der Waals surface area contributed by atoms with Crippen LogP contribution in [0.2, 0.25) is 0 Å². The number of benzene rings is 3. The molecule has 0 unspecified atom stereocenters. The van der Waals surface area contributed by atoms with E-state index in [4.69, 9.17) is 10.4 Å². The van der Waals surface area contributed by atoms with E-state index in [2.05, 4.69) is 28.8 Å². The van der Waals surface area contributed by atoms with Gasteiger partial charge in [0.2, 0.25) is 0 Å². The molecule has 0 atom stereocenters. The third kappa shape index (κ3) is 2.52. The molecule has 4 rings (SSSR count). The van der Waals surface area contributed by atoms with Crippen LogP contribution in [0.4, 0.5) is 0 Å². The van der Waals surface area contributed by atoms with E-state index in [1.54, 1.807) is 6.07 Å². The monoisotopic (exact) mass is 338 g/mol. The molecular weight excluding hydrogens is 324 g/mol. The van der Waals surface area contributed by atoms with Crippen LogP contribution in [0.3, 0.4) is 0 Å². The van der Waals surface area contributed by atoms with Crippen LogP contribution in [0, 0.1) is 11.3 Å². The molecule has 26 heavy (non-hydrogen) atoms. The van der Waals surface area contributed by atoms with Gasteiger partial charge in [0, 0.05) is 16.5 Å². The van der Waals surface area contributed by atoms with Gasteiger partial charge in [0.1, 0.15) is 11.6 Å². The van der Waals surface area contributed by atoms with E-state index >= 15 is 0 Å². The van der Waals surface area contributed by atoms with Crippen LogP contribution in [0.1, 0.15) is 5.56 Å². The molecule has 0 amide bonds. The number of hydrogen-bond acceptors (Lipinski definition) is 2. The van der Waals surface area contributed by atoms with Crippen molar-refractivity contribution >= 4 is 33.9 Å². The molecule has 0 bridgehead atoms. The summed E-state index contributed by atoms with van der Waals surface area (Å²) in [6.45, 7) is 0. The smallest absolute Gasteiger partial charge is 0.346 e. The Bertz CT molecular complexity index is 1160. The maximum absolute atomic E-state index is 11.0. The zero-order chi connectivity index (χ0) is 18.1.